The van der Waals surface area contributed by atoms with Crippen LogP contribution in [0.15, 0.2) is 66.7 Å². The van der Waals surface area contributed by atoms with Crippen molar-refractivity contribution in [3.05, 3.63) is 83.4 Å². The van der Waals surface area contributed by atoms with Crippen molar-refractivity contribution >= 4 is 17.8 Å². The van der Waals surface area contributed by atoms with E-state index in [0.717, 1.165) is 17.2 Å². The van der Waals surface area contributed by atoms with Crippen LogP contribution < -0.4 is 14.2 Å². The van der Waals surface area contributed by atoms with E-state index >= 15 is 0 Å². The smallest absolute Gasteiger partial charge is 0.330 e. The number of benzene rings is 3. The number of Topliss-reactive ketones (excluding diaryl/α,β-unsaturated/α-hetero) is 1. The fourth-order valence-electron chi connectivity index (χ4n) is 5.44. The molecule has 0 saturated carbocycles. The molecule has 5 N–H and O–H groups in total. The first kappa shape index (κ1) is 38.1. The van der Waals surface area contributed by atoms with E-state index in [1.165, 1.54) is 27.4 Å². The van der Waals surface area contributed by atoms with E-state index in [1.54, 1.807) is 60.7 Å². The van der Waals surface area contributed by atoms with Crippen molar-refractivity contribution in [2.45, 2.75) is 68.9 Å². The summed E-state index contributed by atoms with van der Waals surface area (Å²) in [4.78, 5) is 25.7. The minimum absolute atomic E-state index is 0.0349. The molecule has 1 heterocycles. The van der Waals surface area contributed by atoms with E-state index in [-0.39, 0.29) is 30.1 Å². The van der Waals surface area contributed by atoms with Crippen LogP contribution in [0.2, 0.25) is 0 Å². The monoisotopic (exact) mass is 696 g/mol. The van der Waals surface area contributed by atoms with Gasteiger partial charge in [-0.3, -0.25) is 4.79 Å². The zero-order chi connectivity index (χ0) is 36.2. The van der Waals surface area contributed by atoms with Gasteiger partial charge in [-0.25, -0.2) is 4.79 Å². The Balaban J connectivity index is 1.40. The number of rotatable bonds is 17. The maximum absolute atomic E-state index is 13.1. The van der Waals surface area contributed by atoms with Gasteiger partial charge in [0.15, 0.2) is 17.8 Å². The molecule has 3 aromatic rings. The summed E-state index contributed by atoms with van der Waals surface area (Å²) in [6.07, 6.45) is -4.45. The topological polar surface area (TPSA) is 191 Å². The molecule has 0 bridgehead atoms. The highest BCUT2D eigenvalue weighted by Gasteiger charge is 2.45. The predicted molar refractivity (Wildman–Crippen MR) is 180 cm³/mol. The van der Waals surface area contributed by atoms with Gasteiger partial charge in [0.2, 0.25) is 5.75 Å². The molecule has 6 atom stereocenters. The number of aliphatic hydroxyl groups is 3. The van der Waals surface area contributed by atoms with Crippen molar-refractivity contribution in [3.8, 4) is 28.7 Å². The Morgan fingerprint density at radius 3 is 1.94 bits per heavy atom. The van der Waals surface area contributed by atoms with Gasteiger partial charge >= 0.3 is 5.97 Å². The first-order valence-corrected chi connectivity index (χ1v) is 16.1. The summed E-state index contributed by atoms with van der Waals surface area (Å²) in [5.41, 5.74) is 2.29. The lowest BCUT2D eigenvalue weighted by molar-refractivity contribution is -0.311. The van der Waals surface area contributed by atoms with Gasteiger partial charge in [-0.2, -0.15) is 0 Å². The van der Waals surface area contributed by atoms with Crippen molar-refractivity contribution in [3.63, 3.8) is 0 Å². The van der Waals surface area contributed by atoms with Crippen LogP contribution in [0.5, 0.6) is 28.7 Å². The largest absolute Gasteiger partial charge is 0.508 e. The van der Waals surface area contributed by atoms with E-state index in [4.69, 9.17) is 28.4 Å². The second-order valence-corrected chi connectivity index (χ2v) is 11.8. The maximum Gasteiger partial charge on any atom is 0.330 e. The van der Waals surface area contributed by atoms with Gasteiger partial charge in [0.25, 0.3) is 0 Å². The molecule has 4 rings (SSSR count). The average Bonchev–Trinajstić information content (AvgIpc) is 3.12. The summed E-state index contributed by atoms with van der Waals surface area (Å²) in [5.74, 6) is 0.497. The number of methoxy groups -OCH3 is 3. The van der Waals surface area contributed by atoms with Gasteiger partial charge in [0, 0.05) is 18.9 Å². The summed E-state index contributed by atoms with van der Waals surface area (Å²) >= 11 is 0. The third-order valence-corrected chi connectivity index (χ3v) is 8.26. The number of carbonyl (C=O) groups excluding carboxylic acids is 2. The summed E-state index contributed by atoms with van der Waals surface area (Å²) < 4.78 is 33.1. The third kappa shape index (κ3) is 10.7. The van der Waals surface area contributed by atoms with Crippen LogP contribution in [0.25, 0.3) is 6.08 Å². The molecule has 1 aliphatic heterocycles. The molecule has 0 aliphatic carbocycles. The molecule has 13 nitrogen and oxygen atoms in total. The predicted octanol–water partition coefficient (Wildman–Crippen LogP) is 3.10. The number of hydrogen-bond acceptors (Lipinski definition) is 13. The number of esters is 1. The number of aryl methyl sites for hydroxylation is 2. The van der Waals surface area contributed by atoms with Gasteiger partial charge in [-0.05, 0) is 78.4 Å². The number of ether oxygens (including phenoxy) is 6. The summed E-state index contributed by atoms with van der Waals surface area (Å²) in [7, 11) is 4.40. The molecule has 1 fully saturated rings. The standard InChI is InChI=1S/C37H44O13/c1-45-29-18-24(19-30(46-2)36(29)47-3)10-17-32(41)48-21-31-33(42)34(43)35(44)37(50-31)49-28(16-9-23-6-13-26(39)14-7-23)20-27(40)15-8-22-4-11-25(38)12-5-22/h4-7,10-14,17-19,28,31,33-35,37-39,42-44H,8-9,15-16,20-21H2,1-3H3/t28-,31-,33+,34-,35+,37+/m0/s1. The number of aliphatic hydroxyl groups excluding tert-OH is 3. The Bertz CT molecular complexity index is 1550. The average molecular weight is 697 g/mol. The second kappa shape index (κ2) is 18.4. The molecule has 0 radical (unpaired) electrons. The molecule has 0 spiro atoms. The van der Waals surface area contributed by atoms with Gasteiger partial charge < -0.3 is 54.0 Å². The maximum atomic E-state index is 13.1. The van der Waals surface area contributed by atoms with E-state index in [0.29, 0.717) is 42.1 Å². The van der Waals surface area contributed by atoms with Gasteiger partial charge in [0.1, 0.15) is 48.3 Å². The van der Waals surface area contributed by atoms with Crippen molar-refractivity contribution in [1.29, 1.82) is 0 Å². The number of phenolic OH excluding ortho intramolecular Hbond substituents is 2. The Kier molecular flexibility index (Phi) is 14.0. The lowest BCUT2D eigenvalue weighted by Crippen LogP contribution is -2.60. The highest BCUT2D eigenvalue weighted by Crippen LogP contribution is 2.38. The fraction of sp³-hybridized carbons (Fsp3) is 0.405. The van der Waals surface area contributed by atoms with Crippen LogP contribution in [-0.2, 0) is 36.6 Å². The molecular formula is C37H44O13. The minimum Gasteiger partial charge on any atom is -0.508 e. The molecule has 1 aliphatic rings. The Labute approximate surface area is 290 Å². The van der Waals surface area contributed by atoms with E-state index in [9.17, 15) is 35.1 Å². The number of phenols is 2. The van der Waals surface area contributed by atoms with Crippen molar-refractivity contribution < 1.29 is 63.5 Å². The van der Waals surface area contributed by atoms with E-state index < -0.39 is 49.4 Å². The highest BCUT2D eigenvalue weighted by atomic mass is 16.7. The minimum atomic E-state index is -1.70. The summed E-state index contributed by atoms with van der Waals surface area (Å²) in [5, 5.41) is 51.2. The van der Waals surface area contributed by atoms with E-state index in [1.807, 2.05) is 0 Å². The van der Waals surface area contributed by atoms with Crippen molar-refractivity contribution in [2.24, 2.45) is 0 Å². The molecule has 13 heteroatoms. The number of aromatic hydroxyl groups is 2. The Morgan fingerprint density at radius 2 is 1.38 bits per heavy atom. The zero-order valence-corrected chi connectivity index (χ0v) is 28.1. The molecule has 0 unspecified atom stereocenters. The van der Waals surface area contributed by atoms with Crippen LogP contribution in [0, 0.1) is 0 Å². The second-order valence-electron chi connectivity index (χ2n) is 11.8. The molecule has 270 valence electrons. The number of carbonyl (C=O) groups is 2. The zero-order valence-electron chi connectivity index (χ0n) is 28.1. The molecule has 0 amide bonds. The highest BCUT2D eigenvalue weighted by molar-refractivity contribution is 5.87. The first-order valence-electron chi connectivity index (χ1n) is 16.1. The SMILES string of the molecule is COc1cc(C=CC(=O)OC[C@@H]2O[C@@H](O[C@@H](CCc3ccc(O)cc3)CC(=O)CCc3ccc(O)cc3)[C@H](O)[C@@H](O)[C@@H]2O)cc(OC)c1OC. The Hall–Kier alpha value is -4.66. The lowest BCUT2D eigenvalue weighted by atomic mass is 9.98. The molecule has 3 aromatic carbocycles. The van der Waals surface area contributed by atoms with E-state index in [2.05, 4.69) is 0 Å². The van der Waals surface area contributed by atoms with Crippen LogP contribution in [-0.4, -0.2) is 102 Å². The van der Waals surface area contributed by atoms with Gasteiger partial charge in [-0.1, -0.05) is 24.3 Å². The first-order chi connectivity index (χ1) is 24.0. The lowest BCUT2D eigenvalue weighted by Gasteiger charge is -2.41. The normalized spacial score (nSPS) is 21.0. The van der Waals surface area contributed by atoms with Crippen LogP contribution in [0.1, 0.15) is 36.0 Å². The van der Waals surface area contributed by atoms with Crippen molar-refractivity contribution in [1.82, 2.24) is 0 Å². The van der Waals surface area contributed by atoms with Crippen molar-refractivity contribution in [2.75, 3.05) is 27.9 Å². The molecule has 50 heavy (non-hydrogen) atoms. The molecule has 1 saturated heterocycles. The Morgan fingerprint density at radius 1 is 0.800 bits per heavy atom. The number of ketones is 1. The third-order valence-electron chi connectivity index (χ3n) is 8.26. The fourth-order valence-corrected chi connectivity index (χ4v) is 5.44. The van der Waals surface area contributed by atoms with Crippen LogP contribution in [0.3, 0.4) is 0 Å². The van der Waals surface area contributed by atoms with Gasteiger partial charge in [-0.15, -0.1) is 0 Å². The summed E-state index contributed by atoms with van der Waals surface area (Å²) in [6, 6.07) is 16.4. The number of hydrogen-bond donors (Lipinski definition) is 5. The van der Waals surface area contributed by atoms with Gasteiger partial charge in [0.05, 0.1) is 27.4 Å². The quantitative estimate of drug-likeness (QED) is 0.102. The van der Waals surface area contributed by atoms with Crippen LogP contribution >= 0.6 is 0 Å². The summed E-state index contributed by atoms with van der Waals surface area (Å²) in [6.45, 7) is -0.479. The van der Waals surface area contributed by atoms with Crippen LogP contribution in [0.4, 0.5) is 0 Å². The molecular weight excluding hydrogens is 652 g/mol. The molecule has 0 aromatic heterocycles.